The molecule has 0 unspecified atom stereocenters. The van der Waals surface area contributed by atoms with E-state index in [-0.39, 0.29) is 17.6 Å². The Kier molecular flexibility index (Phi) is 7.01. The van der Waals surface area contributed by atoms with Gasteiger partial charge in [0.25, 0.3) is 0 Å². The third-order valence-corrected chi connectivity index (χ3v) is 10.2. The van der Waals surface area contributed by atoms with Crippen LogP contribution in [0.2, 0.25) is 23.2 Å². The quantitative estimate of drug-likeness (QED) is 0.482. The SMILES string of the molecule is CC(C)(C)[Si](C)(C)OCCNc1ccc(N2CCN(CC(=O)O)C2=O)c(Cl)c1. The van der Waals surface area contributed by atoms with E-state index < -0.39 is 14.3 Å². The molecule has 1 heterocycles. The summed E-state index contributed by atoms with van der Waals surface area (Å²) in [5.74, 6) is -1.03. The van der Waals surface area contributed by atoms with Crippen LogP contribution in [0.1, 0.15) is 20.8 Å². The van der Waals surface area contributed by atoms with E-state index in [0.29, 0.717) is 37.0 Å². The smallest absolute Gasteiger partial charge is 0.325 e. The highest BCUT2D eigenvalue weighted by atomic mass is 35.5. The maximum atomic E-state index is 12.4. The molecule has 28 heavy (non-hydrogen) atoms. The molecule has 1 saturated heterocycles. The van der Waals surface area contributed by atoms with Crippen molar-refractivity contribution >= 4 is 43.3 Å². The number of carboxylic acid groups (broad SMARTS) is 1. The van der Waals surface area contributed by atoms with Gasteiger partial charge in [0.15, 0.2) is 8.32 Å². The molecule has 9 heteroatoms. The van der Waals surface area contributed by atoms with Crippen molar-refractivity contribution in [1.29, 1.82) is 0 Å². The Morgan fingerprint density at radius 1 is 1.32 bits per heavy atom. The molecule has 0 aromatic heterocycles. The van der Waals surface area contributed by atoms with Gasteiger partial charge in [-0.05, 0) is 36.3 Å². The number of halogens is 1. The Morgan fingerprint density at radius 3 is 2.57 bits per heavy atom. The van der Waals surface area contributed by atoms with Gasteiger partial charge in [0.05, 0.1) is 17.3 Å². The number of carbonyl (C=O) groups excluding carboxylic acids is 1. The fraction of sp³-hybridized carbons (Fsp3) is 0.579. The van der Waals surface area contributed by atoms with Crippen molar-refractivity contribution < 1.29 is 19.1 Å². The van der Waals surface area contributed by atoms with E-state index in [1.165, 1.54) is 9.80 Å². The first-order chi connectivity index (χ1) is 12.9. The van der Waals surface area contributed by atoms with Crippen molar-refractivity contribution in [3.05, 3.63) is 23.2 Å². The molecule has 0 bridgehead atoms. The predicted octanol–water partition coefficient (Wildman–Crippen LogP) is 4.10. The number of hydrogen-bond donors (Lipinski definition) is 2. The first kappa shape index (κ1) is 22.5. The van der Waals surface area contributed by atoms with Crippen molar-refractivity contribution in [2.75, 3.05) is 43.0 Å². The van der Waals surface area contributed by atoms with Crippen LogP contribution in [0.3, 0.4) is 0 Å². The summed E-state index contributed by atoms with van der Waals surface area (Å²) in [6.07, 6.45) is 0. The summed E-state index contributed by atoms with van der Waals surface area (Å²) in [4.78, 5) is 26.0. The van der Waals surface area contributed by atoms with Crippen LogP contribution in [-0.2, 0) is 9.22 Å². The number of urea groups is 1. The summed E-state index contributed by atoms with van der Waals surface area (Å²) in [6, 6.07) is 5.08. The van der Waals surface area contributed by atoms with Gasteiger partial charge in [-0.2, -0.15) is 0 Å². The van der Waals surface area contributed by atoms with E-state index in [1.807, 2.05) is 6.07 Å². The van der Waals surface area contributed by atoms with Gasteiger partial charge in [0.1, 0.15) is 6.54 Å². The highest BCUT2D eigenvalue weighted by Crippen LogP contribution is 2.36. The second-order valence-corrected chi connectivity index (χ2v) is 13.7. The molecule has 1 aliphatic rings. The van der Waals surface area contributed by atoms with Gasteiger partial charge < -0.3 is 19.7 Å². The Morgan fingerprint density at radius 2 is 2.00 bits per heavy atom. The number of anilines is 2. The first-order valence-corrected chi connectivity index (χ1v) is 12.7. The van der Waals surface area contributed by atoms with E-state index in [2.05, 4.69) is 39.2 Å². The standard InChI is InChI=1S/C19H30ClN3O4Si/c1-19(2,3)28(4,5)27-11-8-21-14-6-7-16(15(20)12-14)23-10-9-22(18(23)26)13-17(24)25/h6-7,12,21H,8-11,13H2,1-5H3,(H,24,25). The normalized spacial score (nSPS) is 15.3. The van der Waals surface area contributed by atoms with Crippen LogP contribution in [0.5, 0.6) is 0 Å². The third-order valence-electron chi connectivity index (χ3n) is 5.36. The van der Waals surface area contributed by atoms with Gasteiger partial charge in [-0.1, -0.05) is 32.4 Å². The van der Waals surface area contributed by atoms with Crippen molar-refractivity contribution in [2.45, 2.75) is 38.9 Å². The van der Waals surface area contributed by atoms with Crippen molar-refractivity contribution in [1.82, 2.24) is 4.90 Å². The van der Waals surface area contributed by atoms with Crippen molar-refractivity contribution in [2.24, 2.45) is 0 Å². The zero-order chi connectivity index (χ0) is 21.1. The molecule has 2 rings (SSSR count). The molecule has 0 saturated carbocycles. The van der Waals surface area contributed by atoms with E-state index in [1.54, 1.807) is 12.1 Å². The van der Waals surface area contributed by atoms with E-state index in [4.69, 9.17) is 21.1 Å². The number of amides is 2. The fourth-order valence-corrected chi connectivity index (χ4v) is 4.00. The molecular formula is C19H30ClN3O4Si. The highest BCUT2D eigenvalue weighted by Gasteiger charge is 2.37. The minimum absolute atomic E-state index is 0.175. The Labute approximate surface area is 172 Å². The van der Waals surface area contributed by atoms with Crippen LogP contribution < -0.4 is 10.2 Å². The molecule has 2 amide bonds. The number of carboxylic acids is 1. The second-order valence-electron chi connectivity index (χ2n) is 8.45. The monoisotopic (exact) mass is 427 g/mol. The van der Waals surface area contributed by atoms with Crippen molar-refractivity contribution in [3.8, 4) is 0 Å². The fourth-order valence-electron chi connectivity index (χ4n) is 2.67. The molecule has 2 N–H and O–H groups in total. The summed E-state index contributed by atoms with van der Waals surface area (Å²) in [5, 5.41) is 12.8. The number of carbonyl (C=O) groups is 2. The molecule has 0 radical (unpaired) electrons. The highest BCUT2D eigenvalue weighted by molar-refractivity contribution is 6.74. The lowest BCUT2D eigenvalue weighted by Gasteiger charge is -2.36. The summed E-state index contributed by atoms with van der Waals surface area (Å²) in [6.45, 7) is 12.8. The zero-order valence-corrected chi connectivity index (χ0v) is 19.0. The molecule has 0 spiro atoms. The predicted molar refractivity (Wildman–Crippen MR) is 115 cm³/mol. The minimum atomic E-state index is -1.76. The lowest BCUT2D eigenvalue weighted by Crippen LogP contribution is -2.41. The van der Waals surface area contributed by atoms with Gasteiger partial charge in [-0.25, -0.2) is 4.79 Å². The first-order valence-electron chi connectivity index (χ1n) is 9.38. The number of hydrogen-bond acceptors (Lipinski definition) is 4. The van der Waals surface area contributed by atoms with Crippen LogP contribution in [-0.4, -0.2) is 63.1 Å². The summed E-state index contributed by atoms with van der Waals surface area (Å²) >= 11 is 6.38. The summed E-state index contributed by atoms with van der Waals surface area (Å²) < 4.78 is 6.15. The van der Waals surface area contributed by atoms with Crippen LogP contribution in [0, 0.1) is 0 Å². The van der Waals surface area contributed by atoms with Gasteiger partial charge >= 0.3 is 12.0 Å². The maximum absolute atomic E-state index is 12.4. The summed E-state index contributed by atoms with van der Waals surface area (Å²) in [7, 11) is -1.76. The summed E-state index contributed by atoms with van der Waals surface area (Å²) in [5.41, 5.74) is 1.43. The second kappa shape index (κ2) is 8.71. The van der Waals surface area contributed by atoms with Gasteiger partial charge in [0, 0.05) is 25.3 Å². The van der Waals surface area contributed by atoms with Gasteiger partial charge in [-0.15, -0.1) is 0 Å². The molecule has 1 aliphatic heterocycles. The Hall–Kier alpha value is -1.77. The lowest BCUT2D eigenvalue weighted by atomic mass is 10.2. The number of rotatable bonds is 8. The van der Waals surface area contributed by atoms with Gasteiger partial charge in [0.2, 0.25) is 0 Å². The largest absolute Gasteiger partial charge is 0.480 e. The van der Waals surface area contributed by atoms with Crippen LogP contribution in [0.25, 0.3) is 0 Å². The molecule has 1 fully saturated rings. The number of aliphatic carboxylic acids is 1. The molecule has 0 atom stereocenters. The molecule has 0 aliphatic carbocycles. The van der Waals surface area contributed by atoms with Crippen molar-refractivity contribution in [3.63, 3.8) is 0 Å². The zero-order valence-electron chi connectivity index (χ0n) is 17.2. The average Bonchev–Trinajstić information content (AvgIpc) is 2.91. The van der Waals surface area contributed by atoms with Crippen LogP contribution in [0.15, 0.2) is 18.2 Å². The van der Waals surface area contributed by atoms with Crippen LogP contribution >= 0.6 is 11.6 Å². The van der Waals surface area contributed by atoms with Gasteiger partial charge in [-0.3, -0.25) is 9.69 Å². The van der Waals surface area contributed by atoms with Crippen LogP contribution in [0.4, 0.5) is 16.2 Å². The number of benzene rings is 1. The number of nitrogens with zero attached hydrogens (tertiary/aromatic N) is 2. The molecule has 156 valence electrons. The molecule has 1 aromatic rings. The van der Waals surface area contributed by atoms with E-state index >= 15 is 0 Å². The van der Waals surface area contributed by atoms with E-state index in [9.17, 15) is 9.59 Å². The maximum Gasteiger partial charge on any atom is 0.325 e. The molecular weight excluding hydrogens is 398 g/mol. The Bertz CT molecular complexity index is 736. The number of nitrogens with one attached hydrogen (secondary N) is 1. The Balaban J connectivity index is 1.92. The molecule has 7 nitrogen and oxygen atoms in total. The third kappa shape index (κ3) is 5.39. The average molecular weight is 428 g/mol. The lowest BCUT2D eigenvalue weighted by molar-refractivity contribution is -0.137. The minimum Gasteiger partial charge on any atom is -0.480 e. The van der Waals surface area contributed by atoms with E-state index in [0.717, 1.165) is 5.69 Å². The topological polar surface area (TPSA) is 82.1 Å². The molecule has 1 aromatic carbocycles.